The lowest BCUT2D eigenvalue weighted by Crippen LogP contribution is -2.53. The molecule has 0 radical (unpaired) electrons. The number of hydrogen-bond donors (Lipinski definition) is 1. The van der Waals surface area contributed by atoms with Gasteiger partial charge in [-0.3, -0.25) is 4.79 Å². The molecule has 122 valence electrons. The average molecular weight is 336 g/mol. The molecule has 2 aromatic heterocycles. The Balaban J connectivity index is 1.76. The van der Waals surface area contributed by atoms with Gasteiger partial charge < -0.3 is 19.2 Å². The maximum atomic E-state index is 12.5. The van der Waals surface area contributed by atoms with Gasteiger partial charge in [0.2, 0.25) is 11.8 Å². The summed E-state index contributed by atoms with van der Waals surface area (Å²) in [5.41, 5.74) is 0.536. The maximum absolute atomic E-state index is 12.5. The van der Waals surface area contributed by atoms with Crippen molar-refractivity contribution in [2.75, 3.05) is 19.8 Å². The second kappa shape index (κ2) is 6.51. The van der Waals surface area contributed by atoms with Crippen LogP contribution in [-0.2, 0) is 20.7 Å². The summed E-state index contributed by atoms with van der Waals surface area (Å²) in [4.78, 5) is 30.3. The van der Waals surface area contributed by atoms with Crippen molar-refractivity contribution in [2.45, 2.75) is 19.4 Å². The van der Waals surface area contributed by atoms with Crippen LogP contribution in [0.5, 0.6) is 0 Å². The van der Waals surface area contributed by atoms with Crippen molar-refractivity contribution in [1.29, 1.82) is 0 Å². The molecule has 1 saturated heterocycles. The van der Waals surface area contributed by atoms with Crippen LogP contribution in [-0.4, -0.2) is 52.7 Å². The highest BCUT2D eigenvalue weighted by molar-refractivity contribution is 7.13. The number of carbonyl (C=O) groups excluding carboxylic acids is 1. The normalized spacial score (nSPS) is 18.1. The number of carbonyl (C=O) groups is 2. The van der Waals surface area contributed by atoms with Crippen LogP contribution < -0.4 is 0 Å². The molecule has 0 aromatic carbocycles. The second-order valence-electron chi connectivity index (χ2n) is 5.19. The van der Waals surface area contributed by atoms with Gasteiger partial charge in [0.15, 0.2) is 6.04 Å². The van der Waals surface area contributed by atoms with E-state index in [2.05, 4.69) is 4.98 Å². The molecule has 23 heavy (non-hydrogen) atoms. The highest BCUT2D eigenvalue weighted by Gasteiger charge is 2.33. The Kier molecular flexibility index (Phi) is 4.44. The molecule has 8 heteroatoms. The van der Waals surface area contributed by atoms with Crippen LogP contribution in [0.3, 0.4) is 0 Å². The molecule has 0 saturated carbocycles. The number of hydrogen-bond acceptors (Lipinski definition) is 6. The van der Waals surface area contributed by atoms with Crippen LogP contribution in [0.2, 0.25) is 0 Å². The van der Waals surface area contributed by atoms with Crippen molar-refractivity contribution in [1.82, 2.24) is 9.88 Å². The predicted molar refractivity (Wildman–Crippen MR) is 82.2 cm³/mol. The lowest BCUT2D eigenvalue weighted by atomic mass is 10.2. The molecular formula is C15H16N2O5S. The van der Waals surface area contributed by atoms with Gasteiger partial charge >= 0.3 is 5.97 Å². The summed E-state index contributed by atoms with van der Waals surface area (Å²) in [6.07, 6.45) is 0.0183. The van der Waals surface area contributed by atoms with E-state index in [1.54, 1.807) is 6.92 Å². The number of carboxylic acid groups (broad SMARTS) is 1. The quantitative estimate of drug-likeness (QED) is 0.911. The van der Waals surface area contributed by atoms with Gasteiger partial charge in [-0.2, -0.15) is 0 Å². The first-order chi connectivity index (χ1) is 11.1. The SMILES string of the molecule is Cc1oc(-c2cccs2)nc1CC(=O)N1CCOC[C@@H]1C(=O)O. The summed E-state index contributed by atoms with van der Waals surface area (Å²) in [5.74, 6) is -0.289. The average Bonchev–Trinajstić information content (AvgIpc) is 3.17. The van der Waals surface area contributed by atoms with Crippen molar-refractivity contribution in [3.63, 3.8) is 0 Å². The highest BCUT2D eigenvalue weighted by atomic mass is 32.1. The number of aliphatic carboxylic acids is 1. The van der Waals surface area contributed by atoms with Crippen LogP contribution in [0.4, 0.5) is 0 Å². The summed E-state index contributed by atoms with van der Waals surface area (Å²) in [7, 11) is 0. The second-order valence-corrected chi connectivity index (χ2v) is 6.14. The fraction of sp³-hybridized carbons (Fsp3) is 0.400. The Bertz CT molecular complexity index is 710. The van der Waals surface area contributed by atoms with E-state index < -0.39 is 12.0 Å². The van der Waals surface area contributed by atoms with Crippen molar-refractivity contribution in [3.05, 3.63) is 29.0 Å². The number of carboxylic acids is 1. The van der Waals surface area contributed by atoms with E-state index in [-0.39, 0.29) is 25.5 Å². The molecule has 1 amide bonds. The number of oxazole rings is 1. The Morgan fingerprint density at radius 3 is 3.04 bits per heavy atom. The fourth-order valence-corrected chi connectivity index (χ4v) is 3.10. The molecule has 0 unspecified atom stereocenters. The minimum atomic E-state index is -1.06. The topological polar surface area (TPSA) is 92.9 Å². The van der Waals surface area contributed by atoms with Crippen LogP contribution in [0.25, 0.3) is 10.8 Å². The highest BCUT2D eigenvalue weighted by Crippen LogP contribution is 2.26. The Hall–Kier alpha value is -2.19. The number of morpholine rings is 1. The van der Waals surface area contributed by atoms with Crippen LogP contribution in [0.15, 0.2) is 21.9 Å². The van der Waals surface area contributed by atoms with Gasteiger partial charge in [-0.15, -0.1) is 11.3 Å². The monoisotopic (exact) mass is 336 g/mol. The molecule has 3 heterocycles. The summed E-state index contributed by atoms with van der Waals surface area (Å²) < 4.78 is 10.8. The molecular weight excluding hydrogens is 320 g/mol. The standard InChI is InChI=1S/C15H16N2O5S/c1-9-10(16-14(22-9)12-3-2-6-23-12)7-13(18)17-4-5-21-8-11(17)15(19)20/h2-3,6,11H,4-5,7-8H2,1H3,(H,19,20)/t11-/m1/s1. The van der Waals surface area contributed by atoms with Gasteiger partial charge in [0.1, 0.15) is 5.76 Å². The zero-order valence-electron chi connectivity index (χ0n) is 12.5. The van der Waals surface area contributed by atoms with Gasteiger partial charge in [0.05, 0.1) is 30.2 Å². The van der Waals surface area contributed by atoms with Crippen molar-refractivity contribution in [2.24, 2.45) is 0 Å². The molecule has 0 aliphatic carbocycles. The molecule has 1 fully saturated rings. The van der Waals surface area contributed by atoms with Gasteiger partial charge in [-0.1, -0.05) is 6.07 Å². The van der Waals surface area contributed by atoms with Crippen molar-refractivity contribution >= 4 is 23.2 Å². The number of thiophene rings is 1. The number of aryl methyl sites for hydroxylation is 1. The summed E-state index contributed by atoms with van der Waals surface area (Å²) in [5, 5.41) is 11.1. The number of aromatic nitrogens is 1. The van der Waals surface area contributed by atoms with E-state index in [1.165, 1.54) is 16.2 Å². The molecule has 3 rings (SSSR count). The summed E-state index contributed by atoms with van der Waals surface area (Å²) in [6, 6.07) is 2.85. The first-order valence-electron chi connectivity index (χ1n) is 7.16. The molecule has 2 aromatic rings. The Labute approximate surface area is 136 Å². The minimum Gasteiger partial charge on any atom is -0.480 e. The van der Waals surface area contributed by atoms with E-state index in [9.17, 15) is 14.7 Å². The van der Waals surface area contributed by atoms with Gasteiger partial charge in [-0.25, -0.2) is 9.78 Å². The summed E-state index contributed by atoms with van der Waals surface area (Å²) >= 11 is 1.50. The van der Waals surface area contributed by atoms with Crippen molar-refractivity contribution < 1.29 is 23.8 Å². The molecule has 1 aliphatic heterocycles. The van der Waals surface area contributed by atoms with Crippen LogP contribution in [0.1, 0.15) is 11.5 Å². The van der Waals surface area contributed by atoms with Crippen LogP contribution >= 0.6 is 11.3 Å². The van der Waals surface area contributed by atoms with E-state index >= 15 is 0 Å². The fourth-order valence-electron chi connectivity index (χ4n) is 2.45. The van der Waals surface area contributed by atoms with Crippen molar-refractivity contribution in [3.8, 4) is 10.8 Å². The van der Waals surface area contributed by atoms with E-state index in [0.717, 1.165) is 4.88 Å². The van der Waals surface area contributed by atoms with E-state index in [0.29, 0.717) is 24.0 Å². The van der Waals surface area contributed by atoms with Gasteiger partial charge in [-0.05, 0) is 18.4 Å². The van der Waals surface area contributed by atoms with Gasteiger partial charge in [0, 0.05) is 6.54 Å². The largest absolute Gasteiger partial charge is 0.480 e. The molecule has 1 N–H and O–H groups in total. The third-order valence-corrected chi connectivity index (χ3v) is 4.54. The molecule has 1 atom stereocenters. The smallest absolute Gasteiger partial charge is 0.328 e. The zero-order valence-corrected chi connectivity index (χ0v) is 13.3. The number of nitrogens with zero attached hydrogens (tertiary/aromatic N) is 2. The predicted octanol–water partition coefficient (Wildman–Crippen LogP) is 1.57. The Morgan fingerprint density at radius 1 is 1.52 bits per heavy atom. The van der Waals surface area contributed by atoms with Gasteiger partial charge in [0.25, 0.3) is 0 Å². The molecule has 7 nitrogen and oxygen atoms in total. The number of amides is 1. The number of rotatable bonds is 4. The van der Waals surface area contributed by atoms with Crippen LogP contribution in [0, 0.1) is 6.92 Å². The maximum Gasteiger partial charge on any atom is 0.328 e. The minimum absolute atomic E-state index is 0.0132. The lowest BCUT2D eigenvalue weighted by molar-refractivity contribution is -0.158. The lowest BCUT2D eigenvalue weighted by Gasteiger charge is -2.32. The third-order valence-electron chi connectivity index (χ3n) is 3.68. The number of ether oxygens (including phenoxy) is 1. The summed E-state index contributed by atoms with van der Waals surface area (Å²) in [6.45, 7) is 2.37. The first kappa shape index (κ1) is 15.7. The van der Waals surface area contributed by atoms with E-state index in [4.69, 9.17) is 9.15 Å². The zero-order chi connectivity index (χ0) is 16.4. The Morgan fingerprint density at radius 2 is 2.35 bits per heavy atom. The third kappa shape index (κ3) is 3.27. The molecule has 1 aliphatic rings. The molecule has 0 bridgehead atoms. The molecule has 0 spiro atoms. The first-order valence-corrected chi connectivity index (χ1v) is 8.04. The van der Waals surface area contributed by atoms with E-state index in [1.807, 2.05) is 17.5 Å².